The molecule has 32 heavy (non-hydrogen) atoms. The van der Waals surface area contributed by atoms with Crippen molar-refractivity contribution in [2.75, 3.05) is 26.2 Å². The summed E-state index contributed by atoms with van der Waals surface area (Å²) in [5, 5.41) is 12.9. The first kappa shape index (κ1) is 21.2. The molecular formula is C25H35N7. The van der Waals surface area contributed by atoms with Crippen molar-refractivity contribution in [1.82, 2.24) is 35.0 Å². The lowest BCUT2D eigenvalue weighted by Crippen LogP contribution is -2.52. The average Bonchev–Trinajstić information content (AvgIpc) is 3.35. The smallest absolute Gasteiger partial charge is 0.173 e. The van der Waals surface area contributed by atoms with Crippen molar-refractivity contribution in [3.8, 4) is 0 Å². The largest absolute Gasteiger partial charge is 0.298 e. The zero-order chi connectivity index (χ0) is 22.9. The Morgan fingerprint density at radius 3 is 2.47 bits per heavy atom. The molecule has 3 aromatic rings. The zero-order valence-electron chi connectivity index (χ0n) is 20.1. The van der Waals surface area contributed by atoms with Crippen LogP contribution in [0.5, 0.6) is 0 Å². The monoisotopic (exact) mass is 434 g/mol. The topological polar surface area (TPSA) is 63.0 Å². The van der Waals surface area contributed by atoms with Gasteiger partial charge < -0.3 is 0 Å². The first-order chi connectivity index (χ1) is 16.4. The van der Waals surface area contributed by atoms with E-state index in [4.69, 9.17) is 1.37 Å². The molecule has 1 aromatic carbocycles. The van der Waals surface area contributed by atoms with E-state index in [0.29, 0.717) is 6.54 Å². The van der Waals surface area contributed by atoms with Crippen molar-refractivity contribution < 1.29 is 1.37 Å². The molecule has 1 unspecified atom stereocenters. The van der Waals surface area contributed by atoms with Gasteiger partial charge in [-0.2, -0.15) is 0 Å². The van der Waals surface area contributed by atoms with Crippen LogP contribution in [0.25, 0.3) is 0 Å². The number of piperazine rings is 1. The van der Waals surface area contributed by atoms with Crippen molar-refractivity contribution in [2.45, 2.75) is 58.1 Å². The molecule has 0 radical (unpaired) electrons. The minimum absolute atomic E-state index is 0.0147. The molecule has 0 amide bonds. The van der Waals surface area contributed by atoms with Gasteiger partial charge in [0.05, 0.1) is 12.6 Å². The number of hydrogen-bond acceptors (Lipinski definition) is 6. The van der Waals surface area contributed by atoms with Crippen molar-refractivity contribution in [2.24, 2.45) is 0 Å². The summed E-state index contributed by atoms with van der Waals surface area (Å²) in [5.41, 5.74) is 2.35. The Bertz CT molecular complexity index is 936. The van der Waals surface area contributed by atoms with Gasteiger partial charge in [-0.25, -0.2) is 4.68 Å². The molecule has 2 aliphatic rings. The zero-order valence-corrected chi connectivity index (χ0v) is 19.1. The fourth-order valence-corrected chi connectivity index (χ4v) is 5.14. The Morgan fingerprint density at radius 2 is 1.75 bits per heavy atom. The molecule has 5 rings (SSSR count). The molecule has 7 heteroatoms. The molecule has 3 heterocycles. The van der Waals surface area contributed by atoms with Crippen LogP contribution in [-0.2, 0) is 6.54 Å². The van der Waals surface area contributed by atoms with Crippen molar-refractivity contribution in [3.63, 3.8) is 0 Å². The van der Waals surface area contributed by atoms with Gasteiger partial charge in [0.2, 0.25) is 0 Å². The molecule has 0 bridgehead atoms. The second-order valence-corrected chi connectivity index (χ2v) is 8.73. The Balaban J connectivity index is 0.00000126. The minimum Gasteiger partial charge on any atom is -0.298 e. The molecule has 2 fully saturated rings. The molecule has 7 nitrogen and oxygen atoms in total. The van der Waals surface area contributed by atoms with Crippen molar-refractivity contribution in [3.05, 3.63) is 71.8 Å². The Hall–Kier alpha value is -2.64. The molecular weight excluding hydrogens is 398 g/mol. The maximum atomic E-state index is 5.75. The van der Waals surface area contributed by atoms with Crippen LogP contribution >= 0.6 is 0 Å². The summed E-state index contributed by atoms with van der Waals surface area (Å²) in [5.74, 6) is 0.892. The predicted molar refractivity (Wildman–Crippen MR) is 126 cm³/mol. The maximum absolute atomic E-state index is 5.75. The van der Waals surface area contributed by atoms with Crippen LogP contribution in [0.2, 0.25) is 0 Å². The summed E-state index contributed by atoms with van der Waals surface area (Å²) in [7, 11) is 1.25. The van der Waals surface area contributed by atoms with Crippen LogP contribution in [0.1, 0.15) is 63.9 Å². The summed E-state index contributed by atoms with van der Waals surface area (Å²) < 4.78 is 7.69. The normalized spacial score (nSPS) is 19.6. The number of tetrazole rings is 1. The van der Waals surface area contributed by atoms with Crippen molar-refractivity contribution in [1.29, 1.82) is 0 Å². The van der Waals surface area contributed by atoms with E-state index in [9.17, 15) is 0 Å². The first-order valence-corrected chi connectivity index (χ1v) is 11.6. The van der Waals surface area contributed by atoms with Crippen LogP contribution in [0, 0.1) is 0 Å². The van der Waals surface area contributed by atoms with Gasteiger partial charge in [0.25, 0.3) is 0 Å². The highest BCUT2D eigenvalue weighted by molar-refractivity contribution is 5.23. The molecule has 1 aliphatic carbocycles. The third-order valence-corrected chi connectivity index (χ3v) is 6.78. The number of hydrogen-bond donors (Lipinski definition) is 0. The van der Waals surface area contributed by atoms with Crippen LogP contribution in [0.3, 0.4) is 0 Å². The van der Waals surface area contributed by atoms with Gasteiger partial charge >= 0.3 is 0 Å². The quantitative estimate of drug-likeness (QED) is 0.588. The predicted octanol–water partition coefficient (Wildman–Crippen LogP) is 3.79. The van der Waals surface area contributed by atoms with Crippen LogP contribution in [0.15, 0.2) is 54.9 Å². The van der Waals surface area contributed by atoms with E-state index in [1.54, 1.807) is 0 Å². The summed E-state index contributed by atoms with van der Waals surface area (Å²) in [4.78, 5) is 9.64. The number of nitrogens with zero attached hydrogens (tertiary/aromatic N) is 7. The molecule has 1 aliphatic heterocycles. The van der Waals surface area contributed by atoms with Gasteiger partial charge in [0.15, 0.2) is 5.82 Å². The average molecular weight is 435 g/mol. The molecule has 2 aromatic heterocycles. The second kappa shape index (κ2) is 10.8. The van der Waals surface area contributed by atoms with Crippen LogP contribution in [-0.4, -0.2) is 67.2 Å². The fourth-order valence-electron chi connectivity index (χ4n) is 5.14. The summed E-state index contributed by atoms with van der Waals surface area (Å²) in [6, 6.07) is 15.3. The second-order valence-electron chi connectivity index (χ2n) is 8.73. The Labute approximate surface area is 192 Å². The van der Waals surface area contributed by atoms with E-state index in [1.165, 1.54) is 45.1 Å². The standard InChI is InChI=1S/C24H31N7.CH4/c1-3-8-20(9-4-1)19-31-24(26-27-28-31)23(21-10-7-13-25-18-21)30-16-14-29(15-17-30)22-11-5-2-6-12-22;/h1,3-4,7-10,13,18,22-23H,2,5-6,11-12,14-17,19H2;1H4/i;1D. The number of rotatable bonds is 6. The van der Waals surface area contributed by atoms with E-state index in [0.717, 1.165) is 43.6 Å². The third kappa shape index (κ3) is 5.05. The molecule has 170 valence electrons. The highest BCUT2D eigenvalue weighted by atomic mass is 15.6. The maximum Gasteiger partial charge on any atom is 0.173 e. The summed E-state index contributed by atoms with van der Waals surface area (Å²) >= 11 is 0. The van der Waals surface area contributed by atoms with E-state index in [1.807, 2.05) is 29.2 Å². The molecule has 1 saturated carbocycles. The van der Waals surface area contributed by atoms with Gasteiger partial charge in [0.1, 0.15) is 0 Å². The molecule has 1 saturated heterocycles. The number of aromatic nitrogens is 5. The van der Waals surface area contributed by atoms with Gasteiger partial charge in [-0.15, -0.1) is 5.10 Å². The Morgan fingerprint density at radius 1 is 0.969 bits per heavy atom. The van der Waals surface area contributed by atoms with Crippen LogP contribution < -0.4 is 0 Å². The van der Waals surface area contributed by atoms with Gasteiger partial charge in [-0.3, -0.25) is 14.8 Å². The summed E-state index contributed by atoms with van der Waals surface area (Å²) in [6.45, 7) is 4.94. The Kier molecular flexibility index (Phi) is 7.15. The van der Waals surface area contributed by atoms with Gasteiger partial charge in [0, 0.05) is 46.0 Å². The van der Waals surface area contributed by atoms with E-state index in [-0.39, 0.29) is 6.04 Å². The highest BCUT2D eigenvalue weighted by Crippen LogP contribution is 2.30. The summed E-state index contributed by atoms with van der Waals surface area (Å²) in [6.07, 6.45) is 10.7. The third-order valence-electron chi connectivity index (χ3n) is 6.78. The molecule has 0 N–H and O–H groups in total. The molecule has 0 spiro atoms. The van der Waals surface area contributed by atoms with E-state index >= 15 is 0 Å². The number of benzene rings is 1. The van der Waals surface area contributed by atoms with E-state index < -0.39 is 0 Å². The van der Waals surface area contributed by atoms with Crippen molar-refractivity contribution >= 4 is 0 Å². The lowest BCUT2D eigenvalue weighted by molar-refractivity contribution is 0.0620. The van der Waals surface area contributed by atoms with Gasteiger partial charge in [-0.1, -0.05) is 63.1 Å². The first-order valence-electron chi connectivity index (χ1n) is 12.6. The SMILES string of the molecule is [2H]C.c1ccc(Cn2nnnc2C(c2cccnc2)N2CCN(C3CCCCC3)CC2)cc1. The fraction of sp³-hybridized carbons (Fsp3) is 0.520. The lowest BCUT2D eigenvalue weighted by Gasteiger charge is -2.43. The van der Waals surface area contributed by atoms with Gasteiger partial charge in [-0.05, 0) is 40.5 Å². The lowest BCUT2D eigenvalue weighted by atomic mass is 9.93. The van der Waals surface area contributed by atoms with E-state index in [2.05, 4.69) is 60.6 Å². The molecule has 1 atom stereocenters. The minimum atomic E-state index is 0.0147. The number of pyridine rings is 1. The van der Waals surface area contributed by atoms with Crippen LogP contribution in [0.4, 0.5) is 0 Å². The highest BCUT2D eigenvalue weighted by Gasteiger charge is 2.32.